The SMILES string of the molecule is [CH2]CCC=CO. The Morgan fingerprint density at radius 3 is 2.50 bits per heavy atom. The van der Waals surface area contributed by atoms with Crippen LogP contribution in [0.1, 0.15) is 12.8 Å². The first-order chi connectivity index (χ1) is 2.91. The zero-order valence-electron chi connectivity index (χ0n) is 3.72. The van der Waals surface area contributed by atoms with Gasteiger partial charge in [0.25, 0.3) is 0 Å². The quantitative estimate of drug-likeness (QED) is 0.506. The van der Waals surface area contributed by atoms with E-state index in [4.69, 9.17) is 5.11 Å². The van der Waals surface area contributed by atoms with Gasteiger partial charge >= 0.3 is 0 Å². The molecule has 1 radical (unpaired) electrons. The summed E-state index contributed by atoms with van der Waals surface area (Å²) in [5, 5.41) is 7.99. The molecule has 1 nitrogen and oxygen atoms in total. The van der Waals surface area contributed by atoms with Gasteiger partial charge in [-0.3, -0.25) is 0 Å². The maximum atomic E-state index is 7.99. The van der Waals surface area contributed by atoms with Gasteiger partial charge in [-0.15, -0.1) is 0 Å². The molecule has 35 valence electrons. The third-order valence-corrected chi connectivity index (χ3v) is 0.476. The van der Waals surface area contributed by atoms with E-state index in [0.29, 0.717) is 0 Å². The van der Waals surface area contributed by atoms with Gasteiger partial charge in [0.15, 0.2) is 0 Å². The van der Waals surface area contributed by atoms with Crippen LogP contribution in [-0.2, 0) is 0 Å². The van der Waals surface area contributed by atoms with Crippen molar-refractivity contribution < 1.29 is 5.11 Å². The van der Waals surface area contributed by atoms with E-state index >= 15 is 0 Å². The molecule has 0 bridgehead atoms. The molecule has 0 heterocycles. The summed E-state index contributed by atoms with van der Waals surface area (Å²) >= 11 is 0. The van der Waals surface area contributed by atoms with Crippen LogP contribution in [0.3, 0.4) is 0 Å². The largest absolute Gasteiger partial charge is 0.516 e. The molecule has 0 unspecified atom stereocenters. The summed E-state index contributed by atoms with van der Waals surface area (Å²) < 4.78 is 0. The third kappa shape index (κ3) is 3.54. The molecule has 0 spiro atoms. The number of aliphatic hydroxyl groups excluding tert-OH is 1. The molecule has 0 saturated heterocycles. The lowest BCUT2D eigenvalue weighted by atomic mass is 10.3. The number of rotatable bonds is 2. The van der Waals surface area contributed by atoms with Crippen molar-refractivity contribution in [2.45, 2.75) is 12.8 Å². The number of hydrogen-bond acceptors (Lipinski definition) is 1. The summed E-state index contributed by atoms with van der Waals surface area (Å²) in [7, 11) is 0. The van der Waals surface area contributed by atoms with Crippen molar-refractivity contribution in [3.63, 3.8) is 0 Å². The highest BCUT2D eigenvalue weighted by molar-refractivity contribution is 4.70. The molecule has 0 aliphatic heterocycles. The van der Waals surface area contributed by atoms with Crippen LogP contribution >= 0.6 is 0 Å². The maximum absolute atomic E-state index is 7.99. The van der Waals surface area contributed by atoms with E-state index in [-0.39, 0.29) is 0 Å². The minimum Gasteiger partial charge on any atom is -0.516 e. The topological polar surface area (TPSA) is 20.2 Å². The lowest BCUT2D eigenvalue weighted by Gasteiger charge is -1.75. The number of aliphatic hydroxyl groups is 1. The first kappa shape index (κ1) is 5.54. The van der Waals surface area contributed by atoms with Crippen molar-refractivity contribution in [3.8, 4) is 0 Å². The van der Waals surface area contributed by atoms with E-state index in [2.05, 4.69) is 6.92 Å². The minimum absolute atomic E-state index is 0.858. The monoisotopic (exact) mass is 85.1 g/mol. The Morgan fingerprint density at radius 2 is 2.33 bits per heavy atom. The first-order valence-electron chi connectivity index (χ1n) is 2.00. The molecule has 1 heteroatoms. The van der Waals surface area contributed by atoms with Gasteiger partial charge in [0.2, 0.25) is 0 Å². The number of unbranched alkanes of at least 4 members (excludes halogenated alkanes) is 1. The van der Waals surface area contributed by atoms with Crippen molar-refractivity contribution in [3.05, 3.63) is 19.3 Å². The van der Waals surface area contributed by atoms with Crippen LogP contribution in [0.25, 0.3) is 0 Å². The van der Waals surface area contributed by atoms with Crippen LogP contribution in [-0.4, -0.2) is 5.11 Å². The van der Waals surface area contributed by atoms with Crippen molar-refractivity contribution >= 4 is 0 Å². The van der Waals surface area contributed by atoms with Crippen molar-refractivity contribution in [2.24, 2.45) is 0 Å². The van der Waals surface area contributed by atoms with Gasteiger partial charge < -0.3 is 5.11 Å². The zero-order valence-corrected chi connectivity index (χ0v) is 3.72. The average Bonchev–Trinajstić information content (AvgIpc) is 1.61. The minimum atomic E-state index is 0.858. The van der Waals surface area contributed by atoms with Gasteiger partial charge in [-0.05, 0) is 12.8 Å². The van der Waals surface area contributed by atoms with Gasteiger partial charge in [0.1, 0.15) is 0 Å². The van der Waals surface area contributed by atoms with Crippen LogP contribution in [0, 0.1) is 6.92 Å². The van der Waals surface area contributed by atoms with Crippen molar-refractivity contribution in [1.82, 2.24) is 0 Å². The lowest BCUT2D eigenvalue weighted by molar-refractivity contribution is 0.471. The molecule has 6 heavy (non-hydrogen) atoms. The van der Waals surface area contributed by atoms with Gasteiger partial charge in [0.05, 0.1) is 6.26 Å². The summed E-state index contributed by atoms with van der Waals surface area (Å²) in [5.41, 5.74) is 0. The van der Waals surface area contributed by atoms with Gasteiger partial charge in [-0.2, -0.15) is 0 Å². The summed E-state index contributed by atoms with van der Waals surface area (Å²) in [6, 6.07) is 0. The molecule has 0 aromatic rings. The Morgan fingerprint density at radius 1 is 1.67 bits per heavy atom. The summed E-state index contributed by atoms with van der Waals surface area (Å²) in [5.74, 6) is 0. The Bertz CT molecular complexity index is 39.2. The van der Waals surface area contributed by atoms with E-state index in [9.17, 15) is 0 Å². The molecule has 0 aliphatic rings. The van der Waals surface area contributed by atoms with Gasteiger partial charge in [-0.1, -0.05) is 13.0 Å². The molecule has 1 N–H and O–H groups in total. The lowest BCUT2D eigenvalue weighted by Crippen LogP contribution is -1.58. The second-order valence-electron chi connectivity index (χ2n) is 1.03. The fraction of sp³-hybridized carbons (Fsp3) is 0.400. The maximum Gasteiger partial charge on any atom is 0.0751 e. The standard InChI is InChI=1S/C5H9O/c1-2-3-4-5-6/h4-6H,1-3H2. The summed E-state index contributed by atoms with van der Waals surface area (Å²) in [4.78, 5) is 0. The molecular formula is C5H9O. The number of hydrogen-bond donors (Lipinski definition) is 1. The highest BCUT2D eigenvalue weighted by Gasteiger charge is 1.66. The van der Waals surface area contributed by atoms with E-state index in [1.54, 1.807) is 6.08 Å². The highest BCUT2D eigenvalue weighted by atomic mass is 16.2. The van der Waals surface area contributed by atoms with E-state index in [1.165, 1.54) is 0 Å². The van der Waals surface area contributed by atoms with Gasteiger partial charge in [-0.25, -0.2) is 0 Å². The van der Waals surface area contributed by atoms with Crippen molar-refractivity contribution in [2.75, 3.05) is 0 Å². The predicted octanol–water partition coefficient (Wildman–Crippen LogP) is 1.67. The van der Waals surface area contributed by atoms with E-state index in [1.807, 2.05) is 0 Å². The molecular weight excluding hydrogens is 76.1 g/mol. The van der Waals surface area contributed by atoms with Gasteiger partial charge in [0, 0.05) is 0 Å². The van der Waals surface area contributed by atoms with Crippen LogP contribution in [0.2, 0.25) is 0 Å². The third-order valence-electron chi connectivity index (χ3n) is 0.476. The number of allylic oxidation sites excluding steroid dienone is 1. The normalized spacial score (nSPS) is 10.2. The molecule has 0 saturated carbocycles. The average molecular weight is 85.1 g/mol. The zero-order chi connectivity index (χ0) is 4.83. The molecule has 0 amide bonds. The second-order valence-corrected chi connectivity index (χ2v) is 1.03. The van der Waals surface area contributed by atoms with Crippen LogP contribution in [0.4, 0.5) is 0 Å². The van der Waals surface area contributed by atoms with Crippen LogP contribution in [0.15, 0.2) is 12.3 Å². The fourth-order valence-corrected chi connectivity index (χ4v) is 0.192. The summed E-state index contributed by atoms with van der Waals surface area (Å²) in [6.07, 6.45) is 4.45. The second kappa shape index (κ2) is 4.54. The van der Waals surface area contributed by atoms with E-state index in [0.717, 1.165) is 19.1 Å². The highest BCUT2D eigenvalue weighted by Crippen LogP contribution is 1.83. The van der Waals surface area contributed by atoms with Crippen LogP contribution < -0.4 is 0 Å². The Hall–Kier alpha value is -0.460. The smallest absolute Gasteiger partial charge is 0.0751 e. The molecule has 0 aromatic heterocycles. The first-order valence-corrected chi connectivity index (χ1v) is 2.00. The molecule has 0 atom stereocenters. The fourth-order valence-electron chi connectivity index (χ4n) is 0.192. The summed E-state index contributed by atoms with van der Waals surface area (Å²) in [6.45, 7) is 3.56. The van der Waals surface area contributed by atoms with Crippen LogP contribution in [0.5, 0.6) is 0 Å². The molecule has 0 aliphatic carbocycles. The predicted molar refractivity (Wildman–Crippen MR) is 26.4 cm³/mol. The Balaban J connectivity index is 2.66. The molecule has 0 fully saturated rings. The molecule has 0 rings (SSSR count). The Labute approximate surface area is 38.3 Å². The van der Waals surface area contributed by atoms with E-state index < -0.39 is 0 Å². The molecule has 0 aromatic carbocycles. The van der Waals surface area contributed by atoms with Crippen molar-refractivity contribution in [1.29, 1.82) is 0 Å². The Kier molecular flexibility index (Phi) is 4.19.